The van der Waals surface area contributed by atoms with Gasteiger partial charge < -0.3 is 4.74 Å². The molecule has 0 N–H and O–H groups in total. The van der Waals surface area contributed by atoms with Gasteiger partial charge in [-0.05, 0) is 30.9 Å². The number of rotatable bonds is 6. The first-order valence-corrected chi connectivity index (χ1v) is 10.2. The van der Waals surface area contributed by atoms with E-state index in [0.29, 0.717) is 13.1 Å². The minimum atomic E-state index is -3.78. The van der Waals surface area contributed by atoms with Crippen LogP contribution in [0.2, 0.25) is 0 Å². The molecule has 0 spiro atoms. The number of carbonyl (C=O) groups excluding carboxylic acids is 1. The number of nitro groups is 1. The Morgan fingerprint density at radius 3 is 2.80 bits per heavy atom. The van der Waals surface area contributed by atoms with Crippen LogP contribution >= 0.6 is 11.8 Å². The lowest BCUT2D eigenvalue weighted by Crippen LogP contribution is -2.39. The van der Waals surface area contributed by atoms with Crippen LogP contribution in [-0.2, 0) is 19.6 Å². The quantitative estimate of drug-likeness (QED) is 0.318. The zero-order valence-electron chi connectivity index (χ0n) is 14.0. The van der Waals surface area contributed by atoms with Crippen LogP contribution in [-0.4, -0.2) is 49.6 Å². The summed E-state index contributed by atoms with van der Waals surface area (Å²) in [6.07, 6.45) is 1.74. The largest absolute Gasteiger partial charge is 0.468 e. The number of piperidine rings is 1. The Morgan fingerprint density at radius 1 is 1.48 bits per heavy atom. The molecule has 0 radical (unpaired) electrons. The van der Waals surface area contributed by atoms with Crippen LogP contribution in [0.5, 0.6) is 0 Å². The highest BCUT2D eigenvalue weighted by molar-refractivity contribution is 8.00. The lowest BCUT2D eigenvalue weighted by molar-refractivity contribution is -0.388. The molecule has 0 aromatic heterocycles. The molecule has 0 saturated carbocycles. The molecule has 25 heavy (non-hydrogen) atoms. The lowest BCUT2D eigenvalue weighted by Gasteiger charge is -2.30. The van der Waals surface area contributed by atoms with Crippen LogP contribution < -0.4 is 0 Å². The lowest BCUT2D eigenvalue weighted by atomic mass is 10.0. The second-order valence-electron chi connectivity index (χ2n) is 5.86. The van der Waals surface area contributed by atoms with Crippen molar-refractivity contribution >= 4 is 33.4 Å². The van der Waals surface area contributed by atoms with Gasteiger partial charge in [-0.3, -0.25) is 14.9 Å². The van der Waals surface area contributed by atoms with Crippen LogP contribution in [0.4, 0.5) is 5.69 Å². The number of carbonyl (C=O) groups is 1. The van der Waals surface area contributed by atoms with E-state index in [4.69, 9.17) is 0 Å². The fourth-order valence-electron chi connectivity index (χ4n) is 2.63. The Kier molecular flexibility index (Phi) is 6.42. The standard InChI is InChI=1S/C15H20N2O6S2/c1-11-4-3-7-16(9-11)25(21,22)12-5-6-14(13(8-12)17(19)20)24-10-15(18)23-2/h5-6,8,11H,3-4,7,9-10H2,1-2H3. The number of ether oxygens (including phenoxy) is 1. The number of thioether (sulfide) groups is 1. The third kappa shape index (κ3) is 4.71. The number of hydrogen-bond donors (Lipinski definition) is 0. The topological polar surface area (TPSA) is 107 Å². The van der Waals surface area contributed by atoms with Gasteiger partial charge in [0, 0.05) is 19.2 Å². The maximum absolute atomic E-state index is 12.8. The van der Waals surface area contributed by atoms with Gasteiger partial charge in [-0.2, -0.15) is 4.31 Å². The Labute approximate surface area is 150 Å². The molecule has 0 amide bonds. The van der Waals surface area contributed by atoms with Crippen LogP contribution in [0.25, 0.3) is 0 Å². The van der Waals surface area contributed by atoms with E-state index in [2.05, 4.69) is 4.74 Å². The van der Waals surface area contributed by atoms with Gasteiger partial charge in [0.25, 0.3) is 5.69 Å². The van der Waals surface area contributed by atoms with Gasteiger partial charge in [-0.25, -0.2) is 8.42 Å². The first-order valence-electron chi connectivity index (χ1n) is 7.74. The monoisotopic (exact) mass is 388 g/mol. The average Bonchev–Trinajstić information content (AvgIpc) is 2.59. The van der Waals surface area contributed by atoms with E-state index >= 15 is 0 Å². The van der Waals surface area contributed by atoms with Crippen LogP contribution in [0.15, 0.2) is 28.0 Å². The molecule has 1 aliphatic heterocycles. The number of nitro benzene ring substituents is 1. The molecule has 0 bridgehead atoms. The maximum atomic E-state index is 12.8. The number of methoxy groups -OCH3 is 1. The molecule has 2 rings (SSSR count). The van der Waals surface area contributed by atoms with Crippen molar-refractivity contribution in [2.75, 3.05) is 26.0 Å². The van der Waals surface area contributed by atoms with Gasteiger partial charge in [-0.15, -0.1) is 11.8 Å². The van der Waals surface area contributed by atoms with E-state index in [1.54, 1.807) is 0 Å². The molecular weight excluding hydrogens is 368 g/mol. The molecule has 1 unspecified atom stereocenters. The van der Waals surface area contributed by atoms with Crippen molar-refractivity contribution in [2.45, 2.75) is 29.6 Å². The molecule has 1 fully saturated rings. The number of nitrogens with zero attached hydrogens (tertiary/aromatic N) is 2. The number of sulfonamides is 1. The van der Waals surface area contributed by atoms with Crippen molar-refractivity contribution in [2.24, 2.45) is 5.92 Å². The predicted molar refractivity (Wildman–Crippen MR) is 93.0 cm³/mol. The van der Waals surface area contributed by atoms with Crippen molar-refractivity contribution in [3.8, 4) is 0 Å². The van der Waals surface area contributed by atoms with Crippen LogP contribution in [0, 0.1) is 16.0 Å². The maximum Gasteiger partial charge on any atom is 0.315 e. The molecular formula is C15H20N2O6S2. The average molecular weight is 388 g/mol. The SMILES string of the molecule is COC(=O)CSc1ccc(S(=O)(=O)N2CCCC(C)C2)cc1[N+](=O)[O-]. The molecule has 0 aliphatic carbocycles. The van der Waals surface area contributed by atoms with Gasteiger partial charge in [-0.1, -0.05) is 6.92 Å². The third-order valence-electron chi connectivity index (χ3n) is 3.96. The molecule has 8 nitrogen and oxygen atoms in total. The molecule has 1 aliphatic rings. The molecule has 1 heterocycles. The molecule has 1 saturated heterocycles. The first-order chi connectivity index (χ1) is 11.8. The van der Waals surface area contributed by atoms with Gasteiger partial charge in [0.2, 0.25) is 10.0 Å². The van der Waals surface area contributed by atoms with Gasteiger partial charge in [0.1, 0.15) is 0 Å². The smallest absolute Gasteiger partial charge is 0.315 e. The number of hydrogen-bond acceptors (Lipinski definition) is 7. The van der Waals surface area contributed by atoms with Crippen molar-refractivity contribution in [1.82, 2.24) is 4.31 Å². The minimum Gasteiger partial charge on any atom is -0.468 e. The van der Waals surface area contributed by atoms with E-state index in [9.17, 15) is 23.3 Å². The van der Waals surface area contributed by atoms with Crippen molar-refractivity contribution in [3.63, 3.8) is 0 Å². The summed E-state index contributed by atoms with van der Waals surface area (Å²) >= 11 is 0.939. The van der Waals surface area contributed by atoms with E-state index in [1.165, 1.54) is 23.5 Å². The van der Waals surface area contributed by atoms with E-state index in [0.717, 1.165) is 30.7 Å². The highest BCUT2D eigenvalue weighted by Gasteiger charge is 2.30. The summed E-state index contributed by atoms with van der Waals surface area (Å²) in [6.45, 7) is 2.81. The van der Waals surface area contributed by atoms with E-state index in [1.807, 2.05) is 6.92 Å². The summed E-state index contributed by atoms with van der Waals surface area (Å²) in [5.41, 5.74) is -0.333. The molecule has 138 valence electrons. The fourth-order valence-corrected chi connectivity index (χ4v) is 5.09. The minimum absolute atomic E-state index is 0.0902. The number of benzene rings is 1. The molecule has 1 aromatic carbocycles. The van der Waals surface area contributed by atoms with Gasteiger partial charge in [0.05, 0.1) is 27.6 Å². The highest BCUT2D eigenvalue weighted by atomic mass is 32.2. The summed E-state index contributed by atoms with van der Waals surface area (Å²) in [5.74, 6) is -0.348. The Hall–Kier alpha value is -1.65. The van der Waals surface area contributed by atoms with E-state index < -0.39 is 20.9 Å². The second-order valence-corrected chi connectivity index (χ2v) is 8.82. The zero-order valence-corrected chi connectivity index (χ0v) is 15.6. The first kappa shape index (κ1) is 19.7. The predicted octanol–water partition coefficient (Wildman–Crippen LogP) is 2.28. The zero-order chi connectivity index (χ0) is 18.6. The number of esters is 1. The van der Waals surface area contributed by atoms with Crippen molar-refractivity contribution in [3.05, 3.63) is 28.3 Å². The van der Waals surface area contributed by atoms with E-state index in [-0.39, 0.29) is 27.1 Å². The van der Waals surface area contributed by atoms with Crippen LogP contribution in [0.3, 0.4) is 0 Å². The summed E-state index contributed by atoms with van der Waals surface area (Å²) < 4.78 is 31.4. The fraction of sp³-hybridized carbons (Fsp3) is 0.533. The molecule has 1 aromatic rings. The summed E-state index contributed by atoms with van der Waals surface area (Å²) in [6, 6.07) is 3.78. The van der Waals surface area contributed by atoms with Crippen molar-refractivity contribution in [1.29, 1.82) is 0 Å². The van der Waals surface area contributed by atoms with Crippen LogP contribution in [0.1, 0.15) is 19.8 Å². The summed E-state index contributed by atoms with van der Waals surface area (Å²) in [7, 11) is -2.55. The summed E-state index contributed by atoms with van der Waals surface area (Å²) in [5, 5.41) is 11.3. The second kappa shape index (κ2) is 8.15. The van der Waals surface area contributed by atoms with Gasteiger partial charge >= 0.3 is 5.97 Å². The Bertz CT molecular complexity index is 765. The highest BCUT2D eigenvalue weighted by Crippen LogP contribution is 2.33. The summed E-state index contributed by atoms with van der Waals surface area (Å²) in [4.78, 5) is 22.0. The van der Waals surface area contributed by atoms with Crippen molar-refractivity contribution < 1.29 is 22.9 Å². The third-order valence-corrected chi connectivity index (χ3v) is 6.86. The Morgan fingerprint density at radius 2 is 2.20 bits per heavy atom. The normalized spacial score (nSPS) is 18.7. The Balaban J connectivity index is 2.31. The molecule has 1 atom stereocenters. The van der Waals surface area contributed by atoms with Gasteiger partial charge in [0.15, 0.2) is 0 Å². The molecule has 10 heteroatoms.